The second-order valence-electron chi connectivity index (χ2n) is 5.66. The van der Waals surface area contributed by atoms with Gasteiger partial charge in [0, 0.05) is 31.6 Å². The first-order valence-corrected chi connectivity index (χ1v) is 7.03. The molecule has 2 heterocycles. The fourth-order valence-corrected chi connectivity index (χ4v) is 2.27. The molecule has 0 aliphatic carbocycles. The molecule has 1 amide bonds. The summed E-state index contributed by atoms with van der Waals surface area (Å²) in [6.07, 6.45) is 0.933. The largest absolute Gasteiger partial charge is 0.383 e. The van der Waals surface area contributed by atoms with Gasteiger partial charge in [-0.3, -0.25) is 4.79 Å². The number of anilines is 2. The molecule has 0 aromatic carbocycles. The number of carbonyl (C=O) groups excluding carboxylic acids is 1. The highest BCUT2D eigenvalue weighted by Crippen LogP contribution is 2.25. The van der Waals surface area contributed by atoms with Crippen LogP contribution >= 0.6 is 0 Å². The van der Waals surface area contributed by atoms with Gasteiger partial charge in [-0.15, -0.1) is 0 Å². The first-order chi connectivity index (χ1) is 9.40. The molecule has 0 bridgehead atoms. The second kappa shape index (κ2) is 5.64. The van der Waals surface area contributed by atoms with Crippen molar-refractivity contribution < 1.29 is 4.79 Å². The summed E-state index contributed by atoms with van der Waals surface area (Å²) in [5.41, 5.74) is 6.85. The lowest BCUT2D eigenvalue weighted by molar-refractivity contribution is -0.127. The van der Waals surface area contributed by atoms with E-state index in [4.69, 9.17) is 5.73 Å². The van der Waals surface area contributed by atoms with Crippen molar-refractivity contribution in [1.82, 2.24) is 14.9 Å². The second-order valence-corrected chi connectivity index (χ2v) is 5.66. The molecule has 2 N–H and O–H groups in total. The number of nitrogens with two attached hydrogens (primary N) is 1. The van der Waals surface area contributed by atoms with E-state index >= 15 is 0 Å². The van der Waals surface area contributed by atoms with E-state index in [1.807, 2.05) is 32.7 Å². The van der Waals surface area contributed by atoms with Gasteiger partial charge in [0.2, 0.25) is 5.91 Å². The molecule has 2 rings (SSSR count). The smallest absolute Gasteiger partial charge is 0.241 e. The summed E-state index contributed by atoms with van der Waals surface area (Å²) in [5.74, 6) is 2.36. The highest BCUT2D eigenvalue weighted by Gasteiger charge is 2.23. The Bertz CT molecular complexity index is 515. The van der Waals surface area contributed by atoms with E-state index in [9.17, 15) is 4.79 Å². The molecule has 0 saturated carbocycles. The minimum absolute atomic E-state index is 0.116. The molecule has 0 spiro atoms. The van der Waals surface area contributed by atoms with Gasteiger partial charge in [-0.05, 0) is 13.3 Å². The maximum atomic E-state index is 12.0. The zero-order valence-corrected chi connectivity index (χ0v) is 12.7. The average molecular weight is 277 g/mol. The van der Waals surface area contributed by atoms with Crippen LogP contribution in [0.3, 0.4) is 0 Å². The maximum absolute atomic E-state index is 12.0. The number of rotatable bonds is 2. The number of hydrogen-bond acceptors (Lipinski definition) is 5. The topological polar surface area (TPSA) is 75.3 Å². The number of aromatic nitrogens is 2. The Morgan fingerprint density at radius 3 is 2.60 bits per heavy atom. The molecule has 20 heavy (non-hydrogen) atoms. The molecule has 1 aliphatic rings. The summed E-state index contributed by atoms with van der Waals surface area (Å²) in [5, 5.41) is 0. The molecule has 6 nitrogen and oxygen atoms in total. The van der Waals surface area contributed by atoms with Crippen LogP contribution in [0.4, 0.5) is 11.6 Å². The Kier molecular flexibility index (Phi) is 4.11. The van der Waals surface area contributed by atoms with Gasteiger partial charge < -0.3 is 15.5 Å². The number of nitrogens with zero attached hydrogens (tertiary/aromatic N) is 4. The van der Waals surface area contributed by atoms with Gasteiger partial charge in [0.1, 0.15) is 17.5 Å². The monoisotopic (exact) mass is 277 g/mol. The quantitative estimate of drug-likeness (QED) is 0.878. The van der Waals surface area contributed by atoms with Gasteiger partial charge in [-0.25, -0.2) is 9.97 Å². The predicted molar refractivity (Wildman–Crippen MR) is 79.7 cm³/mol. The molecular formula is C14H23N5O. The molecule has 1 aromatic heterocycles. The first-order valence-electron chi connectivity index (χ1n) is 7.03. The van der Waals surface area contributed by atoms with E-state index in [0.29, 0.717) is 12.4 Å². The molecule has 0 atom stereocenters. The number of likely N-dealkylation sites (N-methyl/N-ethyl adjacent to an activating group) is 1. The van der Waals surface area contributed by atoms with Crippen LogP contribution in [0.15, 0.2) is 0 Å². The van der Waals surface area contributed by atoms with Gasteiger partial charge >= 0.3 is 0 Å². The van der Waals surface area contributed by atoms with E-state index in [-0.39, 0.29) is 11.8 Å². The van der Waals surface area contributed by atoms with Gasteiger partial charge in [0.15, 0.2) is 0 Å². The molecular weight excluding hydrogens is 254 g/mol. The molecule has 110 valence electrons. The summed E-state index contributed by atoms with van der Waals surface area (Å²) in [7, 11) is 1.84. The molecule has 0 unspecified atom stereocenters. The Balaban J connectivity index is 2.38. The van der Waals surface area contributed by atoms with Crippen LogP contribution in [0.1, 0.15) is 37.6 Å². The standard InChI is InChI=1S/C14H23N5O/c1-9(2)13-16-12(15)10(3)14(17-13)19-7-5-6-18(4)11(20)8-19/h9H,5-8H2,1-4H3,(H2,15,16,17). The highest BCUT2D eigenvalue weighted by atomic mass is 16.2. The lowest BCUT2D eigenvalue weighted by atomic mass is 10.2. The zero-order valence-electron chi connectivity index (χ0n) is 12.7. The maximum Gasteiger partial charge on any atom is 0.241 e. The van der Waals surface area contributed by atoms with Crippen molar-refractivity contribution in [1.29, 1.82) is 0 Å². The van der Waals surface area contributed by atoms with E-state index in [0.717, 1.165) is 36.7 Å². The van der Waals surface area contributed by atoms with Crippen LogP contribution in [0.5, 0.6) is 0 Å². The van der Waals surface area contributed by atoms with Crippen molar-refractivity contribution in [3.63, 3.8) is 0 Å². The Labute approximate surface area is 120 Å². The van der Waals surface area contributed by atoms with Crippen LogP contribution in [0, 0.1) is 6.92 Å². The number of nitrogen functional groups attached to an aromatic ring is 1. The SMILES string of the molecule is Cc1c(N)nc(C(C)C)nc1N1CCCN(C)C(=O)C1. The molecule has 0 radical (unpaired) electrons. The Morgan fingerprint density at radius 2 is 1.95 bits per heavy atom. The molecule has 1 saturated heterocycles. The molecule has 1 fully saturated rings. The van der Waals surface area contributed by atoms with E-state index < -0.39 is 0 Å². The summed E-state index contributed by atoms with van der Waals surface area (Å²) >= 11 is 0. The highest BCUT2D eigenvalue weighted by molar-refractivity contribution is 5.81. The van der Waals surface area contributed by atoms with E-state index in [1.165, 1.54) is 0 Å². The van der Waals surface area contributed by atoms with Crippen LogP contribution < -0.4 is 10.6 Å². The predicted octanol–water partition coefficient (Wildman–Crippen LogP) is 1.16. The Morgan fingerprint density at radius 1 is 1.25 bits per heavy atom. The Hall–Kier alpha value is -1.85. The van der Waals surface area contributed by atoms with E-state index in [1.54, 1.807) is 4.90 Å². The fourth-order valence-electron chi connectivity index (χ4n) is 2.27. The van der Waals surface area contributed by atoms with Gasteiger partial charge in [-0.2, -0.15) is 0 Å². The third-order valence-corrected chi connectivity index (χ3v) is 3.66. The summed E-state index contributed by atoms with van der Waals surface area (Å²) in [4.78, 5) is 24.8. The van der Waals surface area contributed by atoms with Crippen molar-refractivity contribution in [3.05, 3.63) is 11.4 Å². The van der Waals surface area contributed by atoms with Crippen LogP contribution in [-0.4, -0.2) is 47.5 Å². The van der Waals surface area contributed by atoms with Gasteiger partial charge in [-0.1, -0.05) is 13.8 Å². The normalized spacial score (nSPS) is 16.8. The van der Waals surface area contributed by atoms with Gasteiger partial charge in [0.25, 0.3) is 0 Å². The van der Waals surface area contributed by atoms with Crippen molar-refractivity contribution in [2.24, 2.45) is 0 Å². The summed E-state index contributed by atoms with van der Waals surface area (Å²) in [6.45, 7) is 7.93. The number of carbonyl (C=O) groups is 1. The zero-order chi connectivity index (χ0) is 14.9. The summed E-state index contributed by atoms with van der Waals surface area (Å²) < 4.78 is 0. The third kappa shape index (κ3) is 2.84. The molecule has 6 heteroatoms. The number of amides is 1. The molecule has 1 aromatic rings. The van der Waals surface area contributed by atoms with Crippen LogP contribution in [0.2, 0.25) is 0 Å². The van der Waals surface area contributed by atoms with Crippen LogP contribution in [0.25, 0.3) is 0 Å². The average Bonchev–Trinajstić information content (AvgIpc) is 2.55. The van der Waals surface area contributed by atoms with Crippen LogP contribution in [-0.2, 0) is 4.79 Å². The minimum atomic E-state index is 0.116. The van der Waals surface area contributed by atoms with Crippen molar-refractivity contribution in [3.8, 4) is 0 Å². The number of hydrogen-bond donors (Lipinski definition) is 1. The minimum Gasteiger partial charge on any atom is -0.383 e. The van der Waals surface area contributed by atoms with Crippen molar-refractivity contribution >= 4 is 17.5 Å². The molecule has 1 aliphatic heterocycles. The lowest BCUT2D eigenvalue weighted by Crippen LogP contribution is -2.35. The fraction of sp³-hybridized carbons (Fsp3) is 0.643. The lowest BCUT2D eigenvalue weighted by Gasteiger charge is -2.24. The van der Waals surface area contributed by atoms with E-state index in [2.05, 4.69) is 9.97 Å². The van der Waals surface area contributed by atoms with Crippen molar-refractivity contribution in [2.75, 3.05) is 37.3 Å². The first kappa shape index (κ1) is 14.6. The van der Waals surface area contributed by atoms with Crippen molar-refractivity contribution in [2.45, 2.75) is 33.1 Å². The van der Waals surface area contributed by atoms with Gasteiger partial charge in [0.05, 0.1) is 6.54 Å². The summed E-state index contributed by atoms with van der Waals surface area (Å²) in [6, 6.07) is 0. The third-order valence-electron chi connectivity index (χ3n) is 3.66.